The van der Waals surface area contributed by atoms with E-state index in [1.165, 1.54) is 0 Å². The van der Waals surface area contributed by atoms with E-state index in [0.29, 0.717) is 12.0 Å². The first-order valence-electron chi connectivity index (χ1n) is 5.26. The van der Waals surface area contributed by atoms with Crippen LogP contribution in [0.25, 0.3) is 0 Å². The Morgan fingerprint density at radius 2 is 2.06 bits per heavy atom. The van der Waals surface area contributed by atoms with Crippen molar-refractivity contribution in [2.45, 2.75) is 25.5 Å². The van der Waals surface area contributed by atoms with Gasteiger partial charge in [0.25, 0.3) is 0 Å². The minimum atomic E-state index is -1.21. The number of carbonyl (C=O) groups is 1. The van der Waals surface area contributed by atoms with Crippen molar-refractivity contribution in [2.75, 3.05) is 6.61 Å². The summed E-state index contributed by atoms with van der Waals surface area (Å²) in [7, 11) is 0. The van der Waals surface area contributed by atoms with Gasteiger partial charge < -0.3 is 15.6 Å². The molecular weight excluding hydrogens is 206 g/mol. The van der Waals surface area contributed by atoms with Crippen LogP contribution in [0.1, 0.15) is 25.0 Å². The van der Waals surface area contributed by atoms with Gasteiger partial charge in [0.05, 0.1) is 6.61 Å². The highest BCUT2D eigenvalue weighted by molar-refractivity contribution is 5.76. The Morgan fingerprint density at radius 1 is 1.44 bits per heavy atom. The van der Waals surface area contributed by atoms with Crippen molar-refractivity contribution in [3.63, 3.8) is 0 Å². The van der Waals surface area contributed by atoms with Gasteiger partial charge in [-0.2, -0.15) is 0 Å². The number of esters is 1. The fourth-order valence-electron chi connectivity index (χ4n) is 1.20. The molecule has 0 saturated carbocycles. The Morgan fingerprint density at radius 3 is 2.62 bits per heavy atom. The summed E-state index contributed by atoms with van der Waals surface area (Å²) < 4.78 is 4.90. The molecule has 4 heteroatoms. The molecule has 2 atom stereocenters. The first-order valence-corrected chi connectivity index (χ1v) is 5.26. The van der Waals surface area contributed by atoms with Gasteiger partial charge in [-0.3, -0.25) is 0 Å². The number of nitrogens with two attached hydrogens (primary N) is 1. The Hall–Kier alpha value is -1.39. The topological polar surface area (TPSA) is 72.5 Å². The lowest BCUT2D eigenvalue weighted by molar-refractivity contribution is -0.154. The molecular formula is C12H17NO3. The van der Waals surface area contributed by atoms with Crippen molar-refractivity contribution >= 4 is 5.97 Å². The third-order valence-electron chi connectivity index (χ3n) is 2.16. The number of carbonyl (C=O) groups excluding carboxylic acids is 1. The smallest absolute Gasteiger partial charge is 0.339 e. The predicted molar refractivity (Wildman–Crippen MR) is 60.6 cm³/mol. The number of hydrogen-bond acceptors (Lipinski definition) is 4. The van der Waals surface area contributed by atoms with Gasteiger partial charge in [0.1, 0.15) is 0 Å². The average molecular weight is 223 g/mol. The van der Waals surface area contributed by atoms with Crippen LogP contribution in [-0.4, -0.2) is 23.7 Å². The largest absolute Gasteiger partial charge is 0.463 e. The summed E-state index contributed by atoms with van der Waals surface area (Å²) in [6.07, 6.45) is -0.623. The Labute approximate surface area is 95.0 Å². The van der Waals surface area contributed by atoms with Crippen LogP contribution in [-0.2, 0) is 9.53 Å². The quantitative estimate of drug-likeness (QED) is 0.730. The van der Waals surface area contributed by atoms with Crippen LogP contribution in [0.4, 0.5) is 0 Å². The molecule has 0 saturated heterocycles. The van der Waals surface area contributed by atoms with Gasteiger partial charge in [-0.25, -0.2) is 4.79 Å². The van der Waals surface area contributed by atoms with Gasteiger partial charge in [-0.15, -0.1) is 0 Å². The zero-order chi connectivity index (χ0) is 12.0. The van der Waals surface area contributed by atoms with Crippen LogP contribution in [0.2, 0.25) is 0 Å². The maximum atomic E-state index is 11.4. The zero-order valence-corrected chi connectivity index (χ0v) is 9.30. The third kappa shape index (κ3) is 4.00. The fourth-order valence-corrected chi connectivity index (χ4v) is 1.20. The van der Waals surface area contributed by atoms with Crippen molar-refractivity contribution < 1.29 is 14.6 Å². The molecule has 0 bridgehead atoms. The average Bonchev–Trinajstić information content (AvgIpc) is 2.28. The summed E-state index contributed by atoms with van der Waals surface area (Å²) in [4.78, 5) is 11.4. The summed E-state index contributed by atoms with van der Waals surface area (Å²) in [6.45, 7) is 2.07. The highest BCUT2D eigenvalue weighted by atomic mass is 16.5. The molecule has 88 valence electrons. The number of aliphatic hydroxyl groups excluding tert-OH is 1. The van der Waals surface area contributed by atoms with E-state index in [4.69, 9.17) is 10.5 Å². The number of ether oxygens (including phenoxy) is 1. The second-order valence-corrected chi connectivity index (χ2v) is 3.75. The highest BCUT2D eigenvalue weighted by Crippen LogP contribution is 2.13. The number of benzene rings is 1. The van der Waals surface area contributed by atoms with Crippen molar-refractivity contribution in [1.82, 2.24) is 0 Å². The van der Waals surface area contributed by atoms with E-state index in [0.717, 1.165) is 0 Å². The molecule has 16 heavy (non-hydrogen) atoms. The maximum Gasteiger partial charge on any atom is 0.339 e. The summed E-state index contributed by atoms with van der Waals surface area (Å²) in [5.41, 5.74) is 6.05. The zero-order valence-electron chi connectivity index (χ0n) is 9.30. The number of hydrogen-bond donors (Lipinski definition) is 2. The molecule has 1 aromatic carbocycles. The third-order valence-corrected chi connectivity index (χ3v) is 2.16. The summed E-state index contributed by atoms with van der Waals surface area (Å²) in [5.74, 6) is -0.633. The van der Waals surface area contributed by atoms with E-state index in [1.54, 1.807) is 24.3 Å². The van der Waals surface area contributed by atoms with E-state index >= 15 is 0 Å². The van der Waals surface area contributed by atoms with Gasteiger partial charge >= 0.3 is 5.97 Å². The molecule has 0 spiro atoms. The van der Waals surface area contributed by atoms with Crippen LogP contribution < -0.4 is 5.73 Å². The number of rotatable bonds is 5. The van der Waals surface area contributed by atoms with Crippen molar-refractivity contribution in [3.05, 3.63) is 35.9 Å². The standard InChI is InChI=1S/C12H17NO3/c1-9(13)7-8-16-12(15)11(14)10-5-3-2-4-6-10/h2-6,9,11,14H,7-8,13H2,1H3/t9-,11-/m1/s1. The van der Waals surface area contributed by atoms with Crippen molar-refractivity contribution in [2.24, 2.45) is 5.73 Å². The van der Waals surface area contributed by atoms with Gasteiger partial charge in [0, 0.05) is 6.04 Å². The molecule has 0 heterocycles. The minimum absolute atomic E-state index is 0.0123. The highest BCUT2D eigenvalue weighted by Gasteiger charge is 2.18. The Bertz CT molecular complexity index is 324. The molecule has 0 radical (unpaired) electrons. The van der Waals surface area contributed by atoms with Crippen molar-refractivity contribution in [3.8, 4) is 0 Å². The monoisotopic (exact) mass is 223 g/mol. The lowest BCUT2D eigenvalue weighted by atomic mass is 10.1. The Balaban J connectivity index is 2.43. The predicted octanol–water partition coefficient (Wildman–Crippen LogP) is 1.00. The molecule has 4 nitrogen and oxygen atoms in total. The fraction of sp³-hybridized carbons (Fsp3) is 0.417. The molecule has 0 amide bonds. The van der Waals surface area contributed by atoms with E-state index in [-0.39, 0.29) is 12.6 Å². The second-order valence-electron chi connectivity index (χ2n) is 3.75. The Kier molecular flexibility index (Phi) is 4.95. The second kappa shape index (κ2) is 6.25. The molecule has 3 N–H and O–H groups in total. The van der Waals surface area contributed by atoms with E-state index < -0.39 is 12.1 Å². The SMILES string of the molecule is C[C@@H](N)CCOC(=O)[C@H](O)c1ccccc1. The van der Waals surface area contributed by atoms with Gasteiger partial charge in [-0.05, 0) is 18.9 Å². The van der Waals surface area contributed by atoms with Crippen LogP contribution in [0.5, 0.6) is 0 Å². The normalized spacial score (nSPS) is 14.2. The molecule has 0 aliphatic rings. The summed E-state index contributed by atoms with van der Waals surface area (Å²) >= 11 is 0. The van der Waals surface area contributed by atoms with Crippen molar-refractivity contribution in [1.29, 1.82) is 0 Å². The van der Waals surface area contributed by atoms with Gasteiger partial charge in [0.2, 0.25) is 0 Å². The first kappa shape index (κ1) is 12.7. The molecule has 0 unspecified atom stereocenters. The van der Waals surface area contributed by atoms with Crippen LogP contribution in [0.15, 0.2) is 30.3 Å². The minimum Gasteiger partial charge on any atom is -0.463 e. The maximum absolute atomic E-state index is 11.4. The van der Waals surface area contributed by atoms with Crippen LogP contribution >= 0.6 is 0 Å². The van der Waals surface area contributed by atoms with E-state index in [1.807, 2.05) is 13.0 Å². The van der Waals surface area contributed by atoms with Gasteiger partial charge in [-0.1, -0.05) is 30.3 Å². The molecule has 1 aromatic rings. The molecule has 0 aromatic heterocycles. The molecule has 1 rings (SSSR count). The lowest BCUT2D eigenvalue weighted by Gasteiger charge is -2.11. The summed E-state index contributed by atoms with van der Waals surface area (Å²) in [5, 5.41) is 9.65. The number of aliphatic hydroxyl groups is 1. The van der Waals surface area contributed by atoms with Crippen LogP contribution in [0, 0.1) is 0 Å². The van der Waals surface area contributed by atoms with E-state index in [9.17, 15) is 9.90 Å². The molecule has 0 fully saturated rings. The van der Waals surface area contributed by atoms with Gasteiger partial charge in [0.15, 0.2) is 6.10 Å². The first-order chi connectivity index (χ1) is 7.61. The summed E-state index contributed by atoms with van der Waals surface area (Å²) in [6, 6.07) is 8.68. The lowest BCUT2D eigenvalue weighted by Crippen LogP contribution is -2.21. The molecule has 0 aliphatic heterocycles. The molecule has 0 aliphatic carbocycles. The van der Waals surface area contributed by atoms with Crippen LogP contribution in [0.3, 0.4) is 0 Å². The van der Waals surface area contributed by atoms with E-state index in [2.05, 4.69) is 0 Å².